The van der Waals surface area contributed by atoms with Gasteiger partial charge in [0.05, 0.1) is 9.92 Å². The summed E-state index contributed by atoms with van der Waals surface area (Å²) in [6.45, 7) is 3.73. The summed E-state index contributed by atoms with van der Waals surface area (Å²) < 4.78 is 33.2. The molecule has 1 amide bonds. The number of hydrogen-bond donors (Lipinski definition) is 2. The van der Waals surface area contributed by atoms with Gasteiger partial charge in [-0.3, -0.25) is 4.79 Å². The van der Waals surface area contributed by atoms with Crippen LogP contribution in [0.1, 0.15) is 36.8 Å². The highest BCUT2D eigenvalue weighted by Gasteiger charge is 2.23. The maximum Gasteiger partial charge on any atom is 0.262 e. The van der Waals surface area contributed by atoms with E-state index < -0.39 is 10.0 Å². The van der Waals surface area contributed by atoms with Crippen molar-refractivity contribution in [2.75, 3.05) is 11.9 Å². The molecule has 0 radical (unpaired) electrons. The summed E-state index contributed by atoms with van der Waals surface area (Å²) in [6.07, 6.45) is 3.77. The molecule has 1 aliphatic carbocycles. The van der Waals surface area contributed by atoms with Crippen LogP contribution < -0.4 is 14.8 Å². The summed E-state index contributed by atoms with van der Waals surface area (Å²) in [6, 6.07) is 9.86. The van der Waals surface area contributed by atoms with Crippen LogP contribution in [0.5, 0.6) is 5.75 Å². The Bertz CT molecular complexity index is 1000. The number of ether oxygens (including phenoxy) is 1. The van der Waals surface area contributed by atoms with E-state index in [4.69, 9.17) is 16.3 Å². The maximum absolute atomic E-state index is 12.5. The van der Waals surface area contributed by atoms with Crippen molar-refractivity contribution >= 4 is 33.2 Å². The summed E-state index contributed by atoms with van der Waals surface area (Å²) in [5, 5.41) is 2.90. The molecule has 0 bridgehead atoms. The van der Waals surface area contributed by atoms with E-state index in [-0.39, 0.29) is 34.2 Å². The van der Waals surface area contributed by atoms with Crippen LogP contribution in [0.2, 0.25) is 5.02 Å². The number of rotatable bonds is 7. The summed E-state index contributed by atoms with van der Waals surface area (Å²) in [5.41, 5.74) is 2.91. The molecule has 0 saturated heterocycles. The SMILES string of the molecule is Cc1ccc(NC(=O)COc2ccc(S(=O)(=O)NC3CCCC3)cc2Cl)cc1C. The van der Waals surface area contributed by atoms with Crippen molar-refractivity contribution in [1.29, 1.82) is 0 Å². The van der Waals surface area contributed by atoms with Crippen LogP contribution in [0.4, 0.5) is 5.69 Å². The minimum Gasteiger partial charge on any atom is -0.482 e. The van der Waals surface area contributed by atoms with Crippen molar-refractivity contribution in [3.05, 3.63) is 52.5 Å². The lowest BCUT2D eigenvalue weighted by Gasteiger charge is -2.14. The normalized spacial score (nSPS) is 14.7. The molecule has 0 aliphatic heterocycles. The van der Waals surface area contributed by atoms with E-state index in [9.17, 15) is 13.2 Å². The van der Waals surface area contributed by atoms with Crippen LogP contribution >= 0.6 is 11.6 Å². The number of nitrogens with one attached hydrogen (secondary N) is 2. The fraction of sp³-hybridized carbons (Fsp3) is 0.381. The molecule has 1 saturated carbocycles. The Labute approximate surface area is 176 Å². The highest BCUT2D eigenvalue weighted by atomic mass is 35.5. The Kier molecular flexibility index (Phi) is 6.82. The molecule has 0 atom stereocenters. The van der Waals surface area contributed by atoms with Gasteiger partial charge in [0.15, 0.2) is 6.61 Å². The number of anilines is 1. The predicted octanol–water partition coefficient (Wildman–Crippen LogP) is 4.20. The number of aryl methyl sites for hydroxylation is 2. The van der Waals surface area contributed by atoms with Crippen LogP contribution in [-0.2, 0) is 14.8 Å². The Morgan fingerprint density at radius 2 is 1.83 bits per heavy atom. The van der Waals surface area contributed by atoms with E-state index in [1.807, 2.05) is 32.0 Å². The second kappa shape index (κ2) is 9.15. The molecule has 1 aliphatic rings. The highest BCUT2D eigenvalue weighted by molar-refractivity contribution is 7.89. The van der Waals surface area contributed by atoms with Crippen molar-refractivity contribution in [2.45, 2.75) is 50.5 Å². The number of amides is 1. The van der Waals surface area contributed by atoms with Crippen LogP contribution in [0.15, 0.2) is 41.3 Å². The number of benzene rings is 2. The monoisotopic (exact) mass is 436 g/mol. The summed E-state index contributed by atoms with van der Waals surface area (Å²) in [5.74, 6) is -0.0781. The molecule has 1 fully saturated rings. The molecule has 2 aromatic rings. The van der Waals surface area contributed by atoms with E-state index in [2.05, 4.69) is 10.0 Å². The van der Waals surface area contributed by atoms with Crippen LogP contribution in [0.25, 0.3) is 0 Å². The molecule has 156 valence electrons. The second-order valence-corrected chi connectivity index (χ2v) is 9.45. The molecule has 3 rings (SSSR count). The summed E-state index contributed by atoms with van der Waals surface area (Å²) >= 11 is 6.19. The van der Waals surface area contributed by atoms with Gasteiger partial charge in [0.2, 0.25) is 10.0 Å². The lowest BCUT2D eigenvalue weighted by Crippen LogP contribution is -2.32. The molecule has 8 heteroatoms. The van der Waals surface area contributed by atoms with Gasteiger partial charge < -0.3 is 10.1 Å². The molecule has 0 unspecified atom stereocenters. The minimum atomic E-state index is -3.63. The first-order chi connectivity index (χ1) is 13.7. The smallest absolute Gasteiger partial charge is 0.262 e. The van der Waals surface area contributed by atoms with Crippen molar-refractivity contribution in [3.8, 4) is 5.75 Å². The molecule has 0 aromatic heterocycles. The third-order valence-electron chi connectivity index (χ3n) is 5.04. The lowest BCUT2D eigenvalue weighted by atomic mass is 10.1. The average Bonchev–Trinajstić information content (AvgIpc) is 3.16. The van der Waals surface area contributed by atoms with Crippen molar-refractivity contribution in [3.63, 3.8) is 0 Å². The first-order valence-electron chi connectivity index (χ1n) is 9.56. The fourth-order valence-corrected chi connectivity index (χ4v) is 4.89. The summed E-state index contributed by atoms with van der Waals surface area (Å²) in [7, 11) is -3.63. The third kappa shape index (κ3) is 5.72. The largest absolute Gasteiger partial charge is 0.482 e. The zero-order chi connectivity index (χ0) is 21.0. The Morgan fingerprint density at radius 3 is 2.48 bits per heavy atom. The average molecular weight is 437 g/mol. The van der Waals surface area contributed by atoms with Gasteiger partial charge in [-0.2, -0.15) is 0 Å². The Hall–Kier alpha value is -2.09. The van der Waals surface area contributed by atoms with E-state index in [1.54, 1.807) is 0 Å². The van der Waals surface area contributed by atoms with Gasteiger partial charge in [0.25, 0.3) is 5.91 Å². The standard InChI is InChI=1S/C21H25ClN2O4S/c1-14-7-8-17(11-15(14)2)23-21(25)13-28-20-10-9-18(12-19(20)22)29(26,27)24-16-5-3-4-6-16/h7-12,16,24H,3-6,13H2,1-2H3,(H,23,25). The van der Waals surface area contributed by atoms with Gasteiger partial charge in [-0.15, -0.1) is 0 Å². The maximum atomic E-state index is 12.5. The summed E-state index contributed by atoms with van der Waals surface area (Å²) in [4.78, 5) is 12.2. The van der Waals surface area contributed by atoms with Crippen molar-refractivity contribution in [1.82, 2.24) is 4.72 Å². The number of sulfonamides is 1. The Balaban J connectivity index is 1.59. The number of halogens is 1. The van der Waals surface area contributed by atoms with Crippen LogP contribution in [0, 0.1) is 13.8 Å². The lowest BCUT2D eigenvalue weighted by molar-refractivity contribution is -0.118. The first kappa shape index (κ1) is 21.6. The van der Waals surface area contributed by atoms with Gasteiger partial charge in [0, 0.05) is 11.7 Å². The molecule has 0 spiro atoms. The van der Waals surface area contributed by atoms with Crippen molar-refractivity contribution in [2.24, 2.45) is 0 Å². The molecule has 6 nitrogen and oxygen atoms in total. The fourth-order valence-electron chi connectivity index (χ4n) is 3.26. The van der Waals surface area contributed by atoms with E-state index in [1.165, 1.54) is 18.2 Å². The van der Waals surface area contributed by atoms with Crippen LogP contribution in [0.3, 0.4) is 0 Å². The minimum absolute atomic E-state index is 0.0243. The first-order valence-corrected chi connectivity index (χ1v) is 11.4. The molecule has 29 heavy (non-hydrogen) atoms. The van der Waals surface area contributed by atoms with Crippen LogP contribution in [-0.4, -0.2) is 27.0 Å². The topological polar surface area (TPSA) is 84.5 Å². The predicted molar refractivity (Wildman–Crippen MR) is 114 cm³/mol. The number of carbonyl (C=O) groups excluding carboxylic acids is 1. The van der Waals surface area contributed by atoms with E-state index in [0.29, 0.717) is 5.69 Å². The zero-order valence-corrected chi connectivity index (χ0v) is 18.1. The van der Waals surface area contributed by atoms with Gasteiger partial charge in [-0.05, 0) is 68.1 Å². The number of hydrogen-bond acceptors (Lipinski definition) is 4. The second-order valence-electron chi connectivity index (χ2n) is 7.33. The molecule has 0 heterocycles. The third-order valence-corrected chi connectivity index (χ3v) is 6.85. The van der Waals surface area contributed by atoms with Gasteiger partial charge in [0.1, 0.15) is 5.75 Å². The van der Waals surface area contributed by atoms with Gasteiger partial charge in [-0.25, -0.2) is 13.1 Å². The molecular formula is C21H25ClN2O4S. The van der Waals surface area contributed by atoms with Crippen molar-refractivity contribution < 1.29 is 17.9 Å². The molecule has 2 N–H and O–H groups in total. The number of carbonyl (C=O) groups is 1. The highest BCUT2D eigenvalue weighted by Crippen LogP contribution is 2.28. The molecular weight excluding hydrogens is 412 g/mol. The van der Waals surface area contributed by atoms with Gasteiger partial charge in [-0.1, -0.05) is 30.5 Å². The zero-order valence-electron chi connectivity index (χ0n) is 16.5. The molecule has 2 aromatic carbocycles. The van der Waals surface area contributed by atoms with Gasteiger partial charge >= 0.3 is 0 Å². The Morgan fingerprint density at radius 1 is 1.10 bits per heavy atom. The quantitative estimate of drug-likeness (QED) is 0.681. The van der Waals surface area contributed by atoms with E-state index in [0.717, 1.165) is 36.8 Å². The van der Waals surface area contributed by atoms with E-state index >= 15 is 0 Å².